The van der Waals surface area contributed by atoms with Crippen molar-refractivity contribution in [1.82, 2.24) is 9.88 Å². The molecule has 1 aliphatic rings. The zero-order chi connectivity index (χ0) is 15.4. The van der Waals surface area contributed by atoms with Crippen LogP contribution in [-0.4, -0.2) is 40.1 Å². The molecule has 1 amide bonds. The second-order valence-corrected chi connectivity index (χ2v) is 5.31. The zero-order valence-corrected chi connectivity index (χ0v) is 12.2. The lowest BCUT2D eigenvalue weighted by Gasteiger charge is -2.30. The average Bonchev–Trinajstić information content (AvgIpc) is 2.56. The molecule has 0 aliphatic carbocycles. The van der Waals surface area contributed by atoms with Crippen molar-refractivity contribution in [3.05, 3.63) is 54.4 Å². The van der Waals surface area contributed by atoms with Gasteiger partial charge >= 0.3 is 0 Å². The fraction of sp³-hybridized carbons (Fsp3) is 0.294. The number of aliphatic hydroxyl groups is 1. The number of benzene rings is 1. The van der Waals surface area contributed by atoms with Gasteiger partial charge in [-0.05, 0) is 37.1 Å². The molecular weight excluding hydrogens is 280 g/mol. The van der Waals surface area contributed by atoms with Crippen LogP contribution in [0.25, 0.3) is 0 Å². The summed E-state index contributed by atoms with van der Waals surface area (Å²) < 4.78 is 5.78. The first-order chi connectivity index (χ1) is 10.7. The SMILES string of the molecule is O=C(c1ccccc1Oc1cccnc1)N1CCC(O)CC1. The summed E-state index contributed by atoms with van der Waals surface area (Å²) in [5.41, 5.74) is 0.530. The molecule has 2 heterocycles. The molecule has 0 spiro atoms. The van der Waals surface area contributed by atoms with Crippen LogP contribution in [0, 0.1) is 0 Å². The minimum Gasteiger partial charge on any atom is -0.455 e. The van der Waals surface area contributed by atoms with Gasteiger partial charge in [-0.2, -0.15) is 0 Å². The monoisotopic (exact) mass is 298 g/mol. The normalized spacial score (nSPS) is 15.6. The van der Waals surface area contributed by atoms with E-state index in [0.717, 1.165) is 0 Å². The Labute approximate surface area is 129 Å². The predicted octanol–water partition coefficient (Wildman–Crippen LogP) is 2.47. The molecule has 3 rings (SSSR count). The number of aromatic nitrogens is 1. The Hall–Kier alpha value is -2.40. The summed E-state index contributed by atoms with van der Waals surface area (Å²) in [6.07, 6.45) is 4.22. The van der Waals surface area contributed by atoms with Crippen molar-refractivity contribution in [2.45, 2.75) is 18.9 Å². The van der Waals surface area contributed by atoms with Crippen LogP contribution in [-0.2, 0) is 0 Å². The molecule has 114 valence electrons. The Morgan fingerprint density at radius 1 is 1.18 bits per heavy atom. The molecule has 22 heavy (non-hydrogen) atoms. The summed E-state index contributed by atoms with van der Waals surface area (Å²) in [5, 5.41) is 9.56. The van der Waals surface area contributed by atoms with E-state index in [1.54, 1.807) is 41.6 Å². The van der Waals surface area contributed by atoms with Gasteiger partial charge in [-0.25, -0.2) is 0 Å². The molecule has 5 nitrogen and oxygen atoms in total. The van der Waals surface area contributed by atoms with E-state index in [0.29, 0.717) is 43.0 Å². The predicted molar refractivity (Wildman–Crippen MR) is 81.9 cm³/mol. The third-order valence-corrected chi connectivity index (χ3v) is 3.73. The van der Waals surface area contributed by atoms with Crippen molar-refractivity contribution in [2.24, 2.45) is 0 Å². The lowest BCUT2D eigenvalue weighted by Crippen LogP contribution is -2.40. The van der Waals surface area contributed by atoms with Crippen LogP contribution in [0.15, 0.2) is 48.8 Å². The van der Waals surface area contributed by atoms with Gasteiger partial charge in [0, 0.05) is 19.3 Å². The minimum atomic E-state index is -0.300. The first-order valence-electron chi connectivity index (χ1n) is 7.38. The lowest BCUT2D eigenvalue weighted by molar-refractivity contribution is 0.0544. The van der Waals surface area contributed by atoms with Gasteiger partial charge in [0.2, 0.25) is 0 Å². The minimum absolute atomic E-state index is 0.0635. The number of carbonyl (C=O) groups excluding carboxylic acids is 1. The number of nitrogens with zero attached hydrogens (tertiary/aromatic N) is 2. The topological polar surface area (TPSA) is 62.7 Å². The number of hydrogen-bond acceptors (Lipinski definition) is 4. The summed E-state index contributed by atoms with van der Waals surface area (Å²) in [6, 6.07) is 10.8. The van der Waals surface area contributed by atoms with Crippen LogP contribution >= 0.6 is 0 Å². The van der Waals surface area contributed by atoms with Crippen LogP contribution in [0.2, 0.25) is 0 Å². The Morgan fingerprint density at radius 2 is 1.95 bits per heavy atom. The van der Waals surface area contributed by atoms with E-state index in [9.17, 15) is 9.90 Å². The Bertz CT molecular complexity index is 637. The highest BCUT2D eigenvalue weighted by atomic mass is 16.5. The molecule has 1 aromatic carbocycles. The van der Waals surface area contributed by atoms with E-state index in [1.165, 1.54) is 0 Å². The van der Waals surface area contributed by atoms with Gasteiger partial charge in [0.1, 0.15) is 11.5 Å². The number of aliphatic hydroxyl groups excluding tert-OH is 1. The number of likely N-dealkylation sites (tertiary alicyclic amines) is 1. The Kier molecular flexibility index (Phi) is 4.34. The number of amides is 1. The molecule has 0 atom stereocenters. The molecule has 5 heteroatoms. The fourth-order valence-corrected chi connectivity index (χ4v) is 2.51. The average molecular weight is 298 g/mol. The number of para-hydroxylation sites is 1. The summed E-state index contributed by atoms with van der Waals surface area (Å²) >= 11 is 0. The molecule has 1 saturated heterocycles. The van der Waals surface area contributed by atoms with Crippen LogP contribution in [0.1, 0.15) is 23.2 Å². The molecule has 1 N–H and O–H groups in total. The second-order valence-electron chi connectivity index (χ2n) is 5.31. The number of rotatable bonds is 3. The summed E-state index contributed by atoms with van der Waals surface area (Å²) in [5.74, 6) is 1.05. The number of pyridine rings is 1. The van der Waals surface area contributed by atoms with Gasteiger partial charge in [0.05, 0.1) is 17.9 Å². The van der Waals surface area contributed by atoms with Gasteiger partial charge in [-0.1, -0.05) is 12.1 Å². The van der Waals surface area contributed by atoms with Crippen LogP contribution < -0.4 is 4.74 Å². The highest BCUT2D eigenvalue weighted by molar-refractivity contribution is 5.97. The van der Waals surface area contributed by atoms with Gasteiger partial charge in [-0.15, -0.1) is 0 Å². The standard InChI is InChI=1S/C17H18N2O3/c20-13-7-10-19(11-8-13)17(21)15-5-1-2-6-16(15)22-14-4-3-9-18-12-14/h1-6,9,12-13,20H,7-8,10-11H2. The maximum atomic E-state index is 12.7. The molecule has 2 aromatic rings. The van der Waals surface area contributed by atoms with Crippen molar-refractivity contribution >= 4 is 5.91 Å². The van der Waals surface area contributed by atoms with Crippen LogP contribution in [0.3, 0.4) is 0 Å². The third kappa shape index (κ3) is 3.26. The molecule has 0 saturated carbocycles. The lowest BCUT2D eigenvalue weighted by atomic mass is 10.1. The van der Waals surface area contributed by atoms with E-state index in [1.807, 2.05) is 12.1 Å². The smallest absolute Gasteiger partial charge is 0.257 e. The fourth-order valence-electron chi connectivity index (χ4n) is 2.51. The van der Waals surface area contributed by atoms with E-state index in [-0.39, 0.29) is 12.0 Å². The van der Waals surface area contributed by atoms with E-state index < -0.39 is 0 Å². The number of hydrogen-bond donors (Lipinski definition) is 1. The van der Waals surface area contributed by atoms with Gasteiger partial charge in [0.25, 0.3) is 5.91 Å². The van der Waals surface area contributed by atoms with Crippen molar-refractivity contribution in [1.29, 1.82) is 0 Å². The highest BCUT2D eigenvalue weighted by Gasteiger charge is 2.24. The summed E-state index contributed by atoms with van der Waals surface area (Å²) in [7, 11) is 0. The summed E-state index contributed by atoms with van der Waals surface area (Å²) in [6.45, 7) is 1.14. The highest BCUT2D eigenvalue weighted by Crippen LogP contribution is 2.26. The van der Waals surface area contributed by atoms with Crippen LogP contribution in [0.5, 0.6) is 11.5 Å². The number of piperidine rings is 1. The first kappa shape index (κ1) is 14.5. The largest absolute Gasteiger partial charge is 0.455 e. The van der Waals surface area contributed by atoms with Crippen molar-refractivity contribution < 1.29 is 14.6 Å². The maximum absolute atomic E-state index is 12.7. The molecule has 0 bridgehead atoms. The Morgan fingerprint density at radius 3 is 2.68 bits per heavy atom. The number of ether oxygens (including phenoxy) is 1. The molecular formula is C17H18N2O3. The van der Waals surface area contributed by atoms with Gasteiger partial charge < -0.3 is 14.7 Å². The van der Waals surface area contributed by atoms with Crippen molar-refractivity contribution in [3.8, 4) is 11.5 Å². The molecule has 1 aromatic heterocycles. The zero-order valence-electron chi connectivity index (χ0n) is 12.2. The summed E-state index contributed by atoms with van der Waals surface area (Å²) in [4.78, 5) is 18.4. The van der Waals surface area contributed by atoms with E-state index in [4.69, 9.17) is 4.74 Å². The molecule has 1 aliphatic heterocycles. The van der Waals surface area contributed by atoms with Gasteiger partial charge in [-0.3, -0.25) is 9.78 Å². The third-order valence-electron chi connectivity index (χ3n) is 3.73. The van der Waals surface area contributed by atoms with Crippen LogP contribution in [0.4, 0.5) is 0 Å². The molecule has 0 radical (unpaired) electrons. The van der Waals surface area contributed by atoms with E-state index >= 15 is 0 Å². The van der Waals surface area contributed by atoms with Crippen molar-refractivity contribution in [2.75, 3.05) is 13.1 Å². The first-order valence-corrected chi connectivity index (χ1v) is 7.38. The molecule has 1 fully saturated rings. The van der Waals surface area contributed by atoms with Crippen molar-refractivity contribution in [3.63, 3.8) is 0 Å². The van der Waals surface area contributed by atoms with Gasteiger partial charge in [0.15, 0.2) is 0 Å². The molecule has 0 unspecified atom stereocenters. The maximum Gasteiger partial charge on any atom is 0.257 e. The number of carbonyl (C=O) groups is 1. The second kappa shape index (κ2) is 6.58. The quantitative estimate of drug-likeness (QED) is 0.945. The Balaban J connectivity index is 1.80. The van der Waals surface area contributed by atoms with E-state index in [2.05, 4.69) is 4.98 Å².